The van der Waals surface area contributed by atoms with Crippen LogP contribution in [-0.2, 0) is 12.8 Å². The van der Waals surface area contributed by atoms with E-state index in [1.165, 1.54) is 16.7 Å². The highest BCUT2D eigenvalue weighted by molar-refractivity contribution is 7.71. The summed E-state index contributed by atoms with van der Waals surface area (Å²) in [6.07, 6.45) is 1.99. The fourth-order valence-corrected chi connectivity index (χ4v) is 2.55. The van der Waals surface area contributed by atoms with Crippen LogP contribution in [-0.4, -0.2) is 4.98 Å². The first-order valence-corrected chi connectivity index (χ1v) is 5.95. The molecule has 0 atom stereocenters. The molecule has 0 saturated heterocycles. The number of rotatable bonds is 0. The van der Waals surface area contributed by atoms with Crippen LogP contribution >= 0.6 is 12.2 Å². The zero-order chi connectivity index (χ0) is 11.8. The van der Waals surface area contributed by atoms with Crippen LogP contribution in [0.3, 0.4) is 0 Å². The van der Waals surface area contributed by atoms with Gasteiger partial charge in [0.25, 0.3) is 0 Å². The molecule has 1 aromatic carbocycles. The first-order valence-electron chi connectivity index (χ1n) is 5.54. The van der Waals surface area contributed by atoms with Crippen LogP contribution < -0.4 is 0 Å². The van der Waals surface area contributed by atoms with E-state index in [1.807, 2.05) is 12.1 Å². The monoisotopic (exact) mass is 238 g/mol. The van der Waals surface area contributed by atoms with Gasteiger partial charge in [0.15, 0.2) is 0 Å². The Morgan fingerprint density at radius 3 is 2.76 bits per heavy atom. The van der Waals surface area contributed by atoms with Crippen molar-refractivity contribution in [2.75, 3.05) is 0 Å². The predicted octanol–water partition coefficient (Wildman–Crippen LogP) is 3.38. The molecular weight excluding hydrogens is 228 g/mol. The molecule has 1 N–H and O–H groups in total. The number of hydrogen-bond acceptors (Lipinski definition) is 2. The number of H-pyrrole nitrogens is 1. The van der Waals surface area contributed by atoms with Crippen LogP contribution in [0, 0.1) is 16.0 Å². The number of nitriles is 1. The number of fused-ring (bicyclic) bond motifs is 3. The average molecular weight is 238 g/mol. The van der Waals surface area contributed by atoms with Crippen LogP contribution in [0.2, 0.25) is 0 Å². The third-order valence-corrected chi connectivity index (χ3v) is 3.52. The Kier molecular flexibility index (Phi) is 2.31. The van der Waals surface area contributed by atoms with Crippen molar-refractivity contribution in [3.8, 4) is 17.3 Å². The van der Waals surface area contributed by atoms with E-state index in [-0.39, 0.29) is 0 Å². The topological polar surface area (TPSA) is 39.6 Å². The van der Waals surface area contributed by atoms with Crippen molar-refractivity contribution in [2.45, 2.75) is 12.8 Å². The lowest BCUT2D eigenvalue weighted by Crippen LogP contribution is -2.06. The molecule has 1 aliphatic carbocycles. The minimum atomic E-state index is 0.531. The lowest BCUT2D eigenvalue weighted by atomic mass is 9.89. The van der Waals surface area contributed by atoms with E-state index in [1.54, 1.807) is 0 Å². The number of benzene rings is 1. The second kappa shape index (κ2) is 3.83. The number of aromatic amines is 1. The van der Waals surface area contributed by atoms with E-state index in [4.69, 9.17) is 17.5 Å². The minimum absolute atomic E-state index is 0.531. The Hall–Kier alpha value is -1.92. The van der Waals surface area contributed by atoms with Gasteiger partial charge in [-0.2, -0.15) is 5.26 Å². The van der Waals surface area contributed by atoms with E-state index in [0.29, 0.717) is 10.2 Å². The van der Waals surface area contributed by atoms with Crippen molar-refractivity contribution in [2.24, 2.45) is 0 Å². The van der Waals surface area contributed by atoms with Crippen LogP contribution in [0.25, 0.3) is 11.3 Å². The molecule has 1 aromatic heterocycles. The smallest absolute Gasteiger partial charge is 0.121 e. The van der Waals surface area contributed by atoms with Crippen molar-refractivity contribution < 1.29 is 0 Å². The number of pyridine rings is 1. The zero-order valence-corrected chi connectivity index (χ0v) is 9.97. The summed E-state index contributed by atoms with van der Waals surface area (Å²) in [6, 6.07) is 12.4. The first kappa shape index (κ1) is 10.2. The maximum absolute atomic E-state index is 8.98. The van der Waals surface area contributed by atoms with Gasteiger partial charge < -0.3 is 4.98 Å². The van der Waals surface area contributed by atoms with Crippen LogP contribution in [0.4, 0.5) is 0 Å². The Morgan fingerprint density at radius 2 is 1.94 bits per heavy atom. The maximum atomic E-state index is 8.98. The summed E-state index contributed by atoms with van der Waals surface area (Å²) in [5, 5.41) is 8.98. The molecule has 17 heavy (non-hydrogen) atoms. The maximum Gasteiger partial charge on any atom is 0.121 e. The molecule has 2 nitrogen and oxygen atoms in total. The van der Waals surface area contributed by atoms with Gasteiger partial charge in [0, 0.05) is 11.3 Å². The summed E-state index contributed by atoms with van der Waals surface area (Å²) >= 11 is 5.19. The molecule has 0 unspecified atom stereocenters. The fraction of sp³-hybridized carbons (Fsp3) is 0.143. The van der Waals surface area contributed by atoms with Crippen molar-refractivity contribution in [1.29, 1.82) is 5.26 Å². The number of aryl methyl sites for hydroxylation is 2. The molecule has 0 radical (unpaired) electrons. The van der Waals surface area contributed by atoms with Gasteiger partial charge in [-0.25, -0.2) is 0 Å². The summed E-state index contributed by atoms with van der Waals surface area (Å²) in [7, 11) is 0. The molecule has 0 aliphatic heterocycles. The molecule has 1 aliphatic rings. The van der Waals surface area contributed by atoms with Crippen molar-refractivity contribution in [3.05, 3.63) is 51.7 Å². The van der Waals surface area contributed by atoms with Crippen molar-refractivity contribution in [3.63, 3.8) is 0 Å². The van der Waals surface area contributed by atoms with Gasteiger partial charge in [0.2, 0.25) is 0 Å². The van der Waals surface area contributed by atoms with Gasteiger partial charge in [0.1, 0.15) is 10.7 Å². The summed E-state index contributed by atoms with van der Waals surface area (Å²) in [5.74, 6) is 0. The summed E-state index contributed by atoms with van der Waals surface area (Å²) < 4.78 is 0.531. The highest BCUT2D eigenvalue weighted by Gasteiger charge is 2.16. The SMILES string of the molecule is N#Cc1cc2c([nH]c1=S)-c1ccccc1CC2. The Morgan fingerprint density at radius 1 is 1.18 bits per heavy atom. The van der Waals surface area contributed by atoms with Gasteiger partial charge in [0.05, 0.1) is 5.56 Å². The summed E-state index contributed by atoms with van der Waals surface area (Å²) in [4.78, 5) is 3.20. The molecule has 3 rings (SSSR count). The molecule has 0 saturated carbocycles. The zero-order valence-electron chi connectivity index (χ0n) is 9.16. The lowest BCUT2D eigenvalue weighted by Gasteiger charge is -2.19. The molecule has 0 fully saturated rings. The Bertz CT molecular complexity index is 692. The average Bonchev–Trinajstić information content (AvgIpc) is 2.38. The largest absolute Gasteiger partial charge is 0.345 e. The Labute approximate surface area is 105 Å². The van der Waals surface area contributed by atoms with Crippen molar-refractivity contribution in [1.82, 2.24) is 4.98 Å². The highest BCUT2D eigenvalue weighted by atomic mass is 32.1. The lowest BCUT2D eigenvalue weighted by molar-refractivity contribution is 0.924. The number of aromatic nitrogens is 1. The quantitative estimate of drug-likeness (QED) is 0.715. The molecular formula is C14H10N2S. The molecule has 3 heteroatoms. The second-order valence-corrected chi connectivity index (χ2v) is 4.59. The first-order chi connectivity index (χ1) is 8.29. The molecule has 82 valence electrons. The molecule has 2 aromatic rings. The van der Waals surface area contributed by atoms with Gasteiger partial charge in [-0.1, -0.05) is 36.5 Å². The number of nitrogens with one attached hydrogen (secondary N) is 1. The normalized spacial score (nSPS) is 12.4. The highest BCUT2D eigenvalue weighted by Crippen LogP contribution is 2.32. The third-order valence-electron chi connectivity index (χ3n) is 3.19. The molecule has 0 spiro atoms. The molecule has 0 amide bonds. The van der Waals surface area contributed by atoms with E-state index in [2.05, 4.69) is 29.3 Å². The summed E-state index contributed by atoms with van der Waals surface area (Å²) in [5.41, 5.74) is 5.39. The van der Waals surface area contributed by atoms with Crippen molar-refractivity contribution >= 4 is 12.2 Å². The van der Waals surface area contributed by atoms with Gasteiger partial charge >= 0.3 is 0 Å². The predicted molar refractivity (Wildman–Crippen MR) is 69.2 cm³/mol. The van der Waals surface area contributed by atoms with Gasteiger partial charge in [-0.05, 0) is 30.0 Å². The van der Waals surface area contributed by atoms with Gasteiger partial charge in [-0.15, -0.1) is 0 Å². The summed E-state index contributed by atoms with van der Waals surface area (Å²) in [6.45, 7) is 0. The van der Waals surface area contributed by atoms with E-state index in [0.717, 1.165) is 18.5 Å². The fourth-order valence-electron chi connectivity index (χ4n) is 2.35. The van der Waals surface area contributed by atoms with E-state index >= 15 is 0 Å². The van der Waals surface area contributed by atoms with Crippen LogP contribution in [0.5, 0.6) is 0 Å². The third kappa shape index (κ3) is 1.58. The molecule has 1 heterocycles. The number of nitrogens with zero attached hydrogens (tertiary/aromatic N) is 1. The van der Waals surface area contributed by atoms with E-state index < -0.39 is 0 Å². The van der Waals surface area contributed by atoms with Crippen LogP contribution in [0.1, 0.15) is 16.7 Å². The molecule has 0 bridgehead atoms. The minimum Gasteiger partial charge on any atom is -0.345 e. The number of hydrogen-bond donors (Lipinski definition) is 1. The Balaban J connectivity index is 2.31. The standard InChI is InChI=1S/C14H10N2S/c15-8-11-7-10-6-5-9-3-1-2-4-12(9)13(10)16-14(11)17/h1-4,7H,5-6H2,(H,16,17). The van der Waals surface area contributed by atoms with E-state index in [9.17, 15) is 0 Å². The van der Waals surface area contributed by atoms with Gasteiger partial charge in [-0.3, -0.25) is 0 Å². The second-order valence-electron chi connectivity index (χ2n) is 4.18. The van der Waals surface area contributed by atoms with Crippen LogP contribution in [0.15, 0.2) is 30.3 Å².